The molecule has 1 fully saturated rings. The quantitative estimate of drug-likeness (QED) is 0.900. The zero-order valence-corrected chi connectivity index (χ0v) is 13.8. The van der Waals surface area contributed by atoms with Gasteiger partial charge in [-0.3, -0.25) is 0 Å². The van der Waals surface area contributed by atoms with Crippen LogP contribution in [0.5, 0.6) is 0 Å². The highest BCUT2D eigenvalue weighted by Gasteiger charge is 2.21. The van der Waals surface area contributed by atoms with Gasteiger partial charge < -0.3 is 10.2 Å². The summed E-state index contributed by atoms with van der Waals surface area (Å²) in [5, 5.41) is 15.9. The topological polar surface area (TPSA) is 52.0 Å². The van der Waals surface area contributed by atoms with Gasteiger partial charge in [-0.25, -0.2) is 4.98 Å². The summed E-state index contributed by atoms with van der Waals surface area (Å²) in [6, 6.07) is 8.48. The van der Waals surface area contributed by atoms with Gasteiger partial charge in [0, 0.05) is 35.2 Å². The van der Waals surface area contributed by atoms with E-state index in [0.29, 0.717) is 11.6 Å². The average Bonchev–Trinajstić information content (AvgIpc) is 3.03. The highest BCUT2D eigenvalue weighted by atomic mass is 79.9. The Kier molecular flexibility index (Phi) is 4.42. The molecule has 2 aromatic rings. The van der Waals surface area contributed by atoms with E-state index in [1.54, 1.807) is 11.3 Å². The molecule has 0 saturated carbocycles. The third-order valence-electron chi connectivity index (χ3n) is 3.67. The average molecular weight is 363 g/mol. The first kappa shape index (κ1) is 14.4. The number of rotatable bonds is 3. The molecule has 21 heavy (non-hydrogen) atoms. The van der Waals surface area contributed by atoms with Crippen molar-refractivity contribution in [2.24, 2.45) is 0 Å². The Morgan fingerprint density at radius 1 is 1.38 bits per heavy atom. The number of nitriles is 1. The number of hydrogen-bond donors (Lipinski definition) is 1. The van der Waals surface area contributed by atoms with Crippen LogP contribution in [0.25, 0.3) is 0 Å². The molecule has 1 N–H and O–H groups in total. The van der Waals surface area contributed by atoms with Gasteiger partial charge in [-0.15, -0.1) is 11.3 Å². The molecule has 1 aromatic carbocycles. The Balaban J connectivity index is 1.64. The molecule has 0 unspecified atom stereocenters. The van der Waals surface area contributed by atoms with Crippen LogP contribution in [0.15, 0.2) is 34.2 Å². The summed E-state index contributed by atoms with van der Waals surface area (Å²) >= 11 is 5.12. The molecule has 0 bridgehead atoms. The van der Waals surface area contributed by atoms with Crippen molar-refractivity contribution in [2.45, 2.75) is 18.9 Å². The number of anilines is 2. The second-order valence-corrected chi connectivity index (χ2v) is 6.72. The van der Waals surface area contributed by atoms with E-state index in [0.717, 1.165) is 41.2 Å². The standard InChI is InChI=1S/C15H15BrN4S/c16-13-2-1-3-14(12(13)10-17)19-11-4-7-20(8-5-11)15-18-6-9-21-15/h1-3,6,9,11,19H,4-5,7-8H2. The van der Waals surface area contributed by atoms with E-state index in [2.05, 4.69) is 37.2 Å². The molecule has 0 radical (unpaired) electrons. The molecule has 1 saturated heterocycles. The molecule has 0 atom stereocenters. The molecular formula is C15H15BrN4S. The maximum atomic E-state index is 9.26. The number of piperidine rings is 1. The van der Waals surface area contributed by atoms with Crippen molar-refractivity contribution < 1.29 is 0 Å². The van der Waals surface area contributed by atoms with Crippen molar-refractivity contribution in [1.29, 1.82) is 5.26 Å². The predicted octanol–water partition coefficient (Wildman–Crippen LogP) is 3.86. The Morgan fingerprint density at radius 2 is 2.19 bits per heavy atom. The van der Waals surface area contributed by atoms with E-state index in [9.17, 15) is 5.26 Å². The normalized spacial score (nSPS) is 15.7. The van der Waals surface area contributed by atoms with E-state index < -0.39 is 0 Å². The lowest BCUT2D eigenvalue weighted by Crippen LogP contribution is -2.39. The Labute approximate surface area is 136 Å². The maximum absolute atomic E-state index is 9.26. The molecule has 3 rings (SSSR count). The van der Waals surface area contributed by atoms with Crippen LogP contribution >= 0.6 is 27.3 Å². The molecule has 0 amide bonds. The van der Waals surface area contributed by atoms with Gasteiger partial charge in [0.25, 0.3) is 0 Å². The Morgan fingerprint density at radius 3 is 2.86 bits per heavy atom. The summed E-state index contributed by atoms with van der Waals surface area (Å²) in [6.45, 7) is 2.00. The summed E-state index contributed by atoms with van der Waals surface area (Å²) in [7, 11) is 0. The lowest BCUT2D eigenvalue weighted by molar-refractivity contribution is 0.526. The largest absolute Gasteiger partial charge is 0.381 e. The number of thiazole rings is 1. The summed E-state index contributed by atoms with van der Waals surface area (Å²) in [6.07, 6.45) is 3.96. The third-order valence-corrected chi connectivity index (χ3v) is 5.16. The van der Waals surface area contributed by atoms with Crippen LogP contribution < -0.4 is 10.2 Å². The van der Waals surface area contributed by atoms with Crippen LogP contribution in [0.1, 0.15) is 18.4 Å². The highest BCUT2D eigenvalue weighted by molar-refractivity contribution is 9.10. The van der Waals surface area contributed by atoms with Crippen molar-refractivity contribution >= 4 is 38.1 Å². The summed E-state index contributed by atoms with van der Waals surface area (Å²) < 4.78 is 0.843. The van der Waals surface area contributed by atoms with Crippen LogP contribution in [-0.2, 0) is 0 Å². The summed E-state index contributed by atoms with van der Waals surface area (Å²) in [4.78, 5) is 6.69. The lowest BCUT2D eigenvalue weighted by Gasteiger charge is -2.32. The minimum atomic E-state index is 0.405. The van der Waals surface area contributed by atoms with Gasteiger partial charge in [0.1, 0.15) is 6.07 Å². The fraction of sp³-hybridized carbons (Fsp3) is 0.333. The second kappa shape index (κ2) is 6.46. The minimum absolute atomic E-state index is 0.405. The van der Waals surface area contributed by atoms with E-state index >= 15 is 0 Å². The first-order valence-electron chi connectivity index (χ1n) is 6.87. The number of nitrogens with zero attached hydrogens (tertiary/aromatic N) is 3. The zero-order chi connectivity index (χ0) is 14.7. The monoisotopic (exact) mass is 362 g/mol. The third kappa shape index (κ3) is 3.20. The molecule has 4 nitrogen and oxygen atoms in total. The highest BCUT2D eigenvalue weighted by Crippen LogP contribution is 2.27. The van der Waals surface area contributed by atoms with Gasteiger partial charge in [-0.2, -0.15) is 5.26 Å². The smallest absolute Gasteiger partial charge is 0.185 e. The van der Waals surface area contributed by atoms with Crippen LogP contribution in [0.4, 0.5) is 10.8 Å². The molecule has 6 heteroatoms. The zero-order valence-electron chi connectivity index (χ0n) is 11.4. The number of halogens is 1. The summed E-state index contributed by atoms with van der Waals surface area (Å²) in [5.41, 5.74) is 1.60. The first-order valence-corrected chi connectivity index (χ1v) is 8.55. The molecule has 0 aliphatic carbocycles. The van der Waals surface area contributed by atoms with Gasteiger partial charge in [-0.1, -0.05) is 6.07 Å². The lowest BCUT2D eigenvalue weighted by atomic mass is 10.0. The van der Waals surface area contributed by atoms with Crippen LogP contribution in [0.3, 0.4) is 0 Å². The van der Waals surface area contributed by atoms with Gasteiger partial charge in [0.05, 0.1) is 11.3 Å². The molecular weight excluding hydrogens is 348 g/mol. The number of hydrogen-bond acceptors (Lipinski definition) is 5. The first-order chi connectivity index (χ1) is 10.3. The number of benzene rings is 1. The van der Waals surface area contributed by atoms with Gasteiger partial charge in [0.2, 0.25) is 0 Å². The number of aromatic nitrogens is 1. The summed E-state index contributed by atoms with van der Waals surface area (Å²) in [5.74, 6) is 0. The van der Waals surface area contributed by atoms with E-state index in [1.165, 1.54) is 0 Å². The minimum Gasteiger partial charge on any atom is -0.381 e. The fourth-order valence-electron chi connectivity index (χ4n) is 2.57. The van der Waals surface area contributed by atoms with E-state index in [1.807, 2.05) is 29.8 Å². The van der Waals surface area contributed by atoms with E-state index in [-0.39, 0.29) is 0 Å². The molecule has 108 valence electrons. The molecule has 0 spiro atoms. The fourth-order valence-corrected chi connectivity index (χ4v) is 3.72. The Bertz CT molecular complexity index is 642. The van der Waals surface area contributed by atoms with Crippen LogP contribution in [-0.4, -0.2) is 24.1 Å². The Hall–Kier alpha value is -1.58. The molecule has 2 heterocycles. The van der Waals surface area contributed by atoms with Crippen LogP contribution in [0.2, 0.25) is 0 Å². The van der Waals surface area contributed by atoms with Crippen molar-refractivity contribution in [3.8, 4) is 6.07 Å². The van der Waals surface area contributed by atoms with Crippen molar-refractivity contribution in [3.63, 3.8) is 0 Å². The van der Waals surface area contributed by atoms with Gasteiger partial charge in [-0.05, 0) is 40.9 Å². The maximum Gasteiger partial charge on any atom is 0.185 e. The van der Waals surface area contributed by atoms with Gasteiger partial charge in [0.15, 0.2) is 5.13 Å². The number of nitrogens with one attached hydrogen (secondary N) is 1. The molecule has 1 aromatic heterocycles. The van der Waals surface area contributed by atoms with Gasteiger partial charge >= 0.3 is 0 Å². The molecule has 1 aliphatic rings. The SMILES string of the molecule is N#Cc1c(Br)cccc1NC1CCN(c2nccs2)CC1. The van der Waals surface area contributed by atoms with Crippen molar-refractivity contribution in [3.05, 3.63) is 39.8 Å². The van der Waals surface area contributed by atoms with Crippen molar-refractivity contribution in [2.75, 3.05) is 23.3 Å². The second-order valence-electron chi connectivity index (χ2n) is 4.99. The molecule has 1 aliphatic heterocycles. The van der Waals surface area contributed by atoms with E-state index in [4.69, 9.17) is 0 Å². The van der Waals surface area contributed by atoms with Crippen LogP contribution in [0, 0.1) is 11.3 Å². The predicted molar refractivity (Wildman–Crippen MR) is 89.8 cm³/mol. The van der Waals surface area contributed by atoms with Crippen molar-refractivity contribution in [1.82, 2.24) is 4.98 Å².